The number of amides is 1. The maximum atomic E-state index is 11.8. The van der Waals surface area contributed by atoms with Gasteiger partial charge in [0.2, 0.25) is 5.91 Å². The van der Waals surface area contributed by atoms with E-state index in [-0.39, 0.29) is 11.9 Å². The van der Waals surface area contributed by atoms with Gasteiger partial charge in [-0.15, -0.1) is 0 Å². The maximum absolute atomic E-state index is 11.8. The molecule has 0 bridgehead atoms. The molecule has 1 aromatic carbocycles. The third kappa shape index (κ3) is 3.13. The largest absolute Gasteiger partial charge is 0.373 e. The molecule has 2 N–H and O–H groups in total. The van der Waals surface area contributed by atoms with Gasteiger partial charge in [-0.2, -0.15) is 0 Å². The normalized spacial score (nSPS) is 20.6. The molecule has 1 unspecified atom stereocenters. The van der Waals surface area contributed by atoms with Gasteiger partial charge in [0.15, 0.2) is 0 Å². The second kappa shape index (κ2) is 5.41. The smallest absolute Gasteiger partial charge is 0.242 e. The van der Waals surface area contributed by atoms with Crippen molar-refractivity contribution in [1.82, 2.24) is 5.32 Å². The van der Waals surface area contributed by atoms with Crippen LogP contribution in [-0.4, -0.2) is 18.5 Å². The fourth-order valence-corrected chi connectivity index (χ4v) is 2.19. The van der Waals surface area contributed by atoms with Crippen molar-refractivity contribution in [2.45, 2.75) is 32.2 Å². The molecule has 0 radical (unpaired) electrons. The molecular weight excluding hydrogens is 236 g/mol. The van der Waals surface area contributed by atoms with Gasteiger partial charge in [-0.25, -0.2) is 0 Å². The topological polar surface area (TPSA) is 41.1 Å². The zero-order valence-corrected chi connectivity index (χ0v) is 10.7. The summed E-state index contributed by atoms with van der Waals surface area (Å²) in [7, 11) is 0. The third-order valence-corrected chi connectivity index (χ3v) is 3.30. The van der Waals surface area contributed by atoms with E-state index in [1.54, 1.807) is 0 Å². The van der Waals surface area contributed by atoms with Gasteiger partial charge in [0.1, 0.15) is 6.04 Å². The molecule has 1 aliphatic heterocycles. The predicted molar refractivity (Wildman–Crippen MR) is 70.5 cm³/mol. The molecule has 0 aliphatic carbocycles. The minimum absolute atomic E-state index is 0.0851. The lowest BCUT2D eigenvalue weighted by Crippen LogP contribution is -2.38. The molecule has 0 saturated carbocycles. The highest BCUT2D eigenvalue weighted by Gasteiger charge is 2.20. The van der Waals surface area contributed by atoms with E-state index in [0.29, 0.717) is 5.02 Å². The summed E-state index contributed by atoms with van der Waals surface area (Å²) in [5.74, 6) is 0.0851. The van der Waals surface area contributed by atoms with Gasteiger partial charge in [0.05, 0.1) is 0 Å². The zero-order valence-electron chi connectivity index (χ0n) is 9.92. The third-order valence-electron chi connectivity index (χ3n) is 3.06. The van der Waals surface area contributed by atoms with Crippen LogP contribution in [0.4, 0.5) is 5.69 Å². The number of hydrogen-bond acceptors (Lipinski definition) is 2. The first-order valence-electron chi connectivity index (χ1n) is 5.97. The quantitative estimate of drug-likeness (QED) is 0.850. The van der Waals surface area contributed by atoms with E-state index in [2.05, 4.69) is 10.6 Å². The van der Waals surface area contributed by atoms with Crippen LogP contribution in [0.1, 0.15) is 24.8 Å². The van der Waals surface area contributed by atoms with Crippen LogP contribution in [0.3, 0.4) is 0 Å². The first-order valence-corrected chi connectivity index (χ1v) is 6.35. The van der Waals surface area contributed by atoms with E-state index in [1.165, 1.54) is 0 Å². The average molecular weight is 253 g/mol. The highest BCUT2D eigenvalue weighted by molar-refractivity contribution is 6.30. The fraction of sp³-hybridized carbons (Fsp3) is 0.462. The van der Waals surface area contributed by atoms with E-state index < -0.39 is 0 Å². The summed E-state index contributed by atoms with van der Waals surface area (Å²) in [6, 6.07) is 5.54. The lowest BCUT2D eigenvalue weighted by atomic mass is 10.1. The number of nitrogens with one attached hydrogen (secondary N) is 2. The number of rotatable bonds is 2. The predicted octanol–water partition coefficient (Wildman–Crippen LogP) is 2.73. The summed E-state index contributed by atoms with van der Waals surface area (Å²) in [6.07, 6.45) is 2.99. The summed E-state index contributed by atoms with van der Waals surface area (Å²) in [4.78, 5) is 11.8. The lowest BCUT2D eigenvalue weighted by molar-refractivity contribution is -0.121. The second-order valence-electron chi connectivity index (χ2n) is 4.44. The highest BCUT2D eigenvalue weighted by Crippen LogP contribution is 2.22. The molecular formula is C13H17ClN2O. The van der Waals surface area contributed by atoms with Crippen LogP contribution in [0.5, 0.6) is 0 Å². The molecule has 17 heavy (non-hydrogen) atoms. The number of carbonyl (C=O) groups is 1. The van der Waals surface area contributed by atoms with Crippen molar-refractivity contribution < 1.29 is 4.79 Å². The molecule has 0 spiro atoms. The molecule has 1 aliphatic rings. The Morgan fingerprint density at radius 2 is 2.24 bits per heavy atom. The van der Waals surface area contributed by atoms with Crippen LogP contribution in [0.2, 0.25) is 5.02 Å². The van der Waals surface area contributed by atoms with E-state index in [1.807, 2.05) is 25.1 Å². The van der Waals surface area contributed by atoms with Crippen molar-refractivity contribution in [1.29, 1.82) is 0 Å². The zero-order chi connectivity index (χ0) is 12.3. The number of aryl methyl sites for hydroxylation is 1. The van der Waals surface area contributed by atoms with E-state index in [4.69, 9.17) is 11.6 Å². The van der Waals surface area contributed by atoms with Crippen molar-refractivity contribution in [2.24, 2.45) is 0 Å². The Labute approximate surface area is 107 Å². The summed E-state index contributed by atoms with van der Waals surface area (Å²) in [5, 5.41) is 6.88. The first kappa shape index (κ1) is 12.2. The number of anilines is 1. The summed E-state index contributed by atoms with van der Waals surface area (Å²) in [5.41, 5.74) is 2.05. The van der Waals surface area contributed by atoms with Crippen LogP contribution in [0, 0.1) is 6.92 Å². The fourth-order valence-electron chi connectivity index (χ4n) is 2.01. The molecule has 0 aromatic heterocycles. The van der Waals surface area contributed by atoms with Crippen LogP contribution in [0.15, 0.2) is 18.2 Å². The van der Waals surface area contributed by atoms with Crippen molar-refractivity contribution in [3.8, 4) is 0 Å². The van der Waals surface area contributed by atoms with Crippen molar-refractivity contribution in [3.05, 3.63) is 28.8 Å². The molecule has 4 heteroatoms. The maximum Gasteiger partial charge on any atom is 0.242 e. The molecule has 92 valence electrons. The van der Waals surface area contributed by atoms with Gasteiger partial charge >= 0.3 is 0 Å². The summed E-state index contributed by atoms with van der Waals surface area (Å²) < 4.78 is 0. The minimum atomic E-state index is -0.144. The van der Waals surface area contributed by atoms with Gasteiger partial charge in [-0.1, -0.05) is 17.7 Å². The first-order chi connectivity index (χ1) is 8.16. The van der Waals surface area contributed by atoms with Crippen LogP contribution in [-0.2, 0) is 4.79 Å². The van der Waals surface area contributed by atoms with Crippen molar-refractivity contribution >= 4 is 23.2 Å². The molecule has 1 amide bonds. The Bertz CT molecular complexity index is 420. The number of benzene rings is 1. The standard InChI is InChI=1S/C13H17ClN2O/c1-9-5-6-10(14)8-12(9)16-11-4-2-3-7-15-13(11)17/h5-6,8,11,16H,2-4,7H2,1H3,(H,15,17). The second-order valence-corrected chi connectivity index (χ2v) is 4.88. The van der Waals surface area contributed by atoms with Gasteiger partial charge in [0.25, 0.3) is 0 Å². The molecule has 1 atom stereocenters. The molecule has 1 fully saturated rings. The monoisotopic (exact) mass is 252 g/mol. The Morgan fingerprint density at radius 1 is 1.41 bits per heavy atom. The highest BCUT2D eigenvalue weighted by atomic mass is 35.5. The van der Waals surface area contributed by atoms with Gasteiger partial charge in [0, 0.05) is 17.3 Å². The summed E-state index contributed by atoms with van der Waals surface area (Å²) >= 11 is 5.96. The number of carbonyl (C=O) groups excluding carboxylic acids is 1. The molecule has 1 aromatic rings. The SMILES string of the molecule is Cc1ccc(Cl)cc1NC1CCCCNC1=O. The lowest BCUT2D eigenvalue weighted by Gasteiger charge is -2.18. The Kier molecular flexibility index (Phi) is 3.89. The molecule has 3 nitrogen and oxygen atoms in total. The molecule has 2 rings (SSSR count). The Morgan fingerprint density at radius 3 is 3.06 bits per heavy atom. The van der Waals surface area contributed by atoms with Crippen molar-refractivity contribution in [3.63, 3.8) is 0 Å². The van der Waals surface area contributed by atoms with Crippen LogP contribution >= 0.6 is 11.6 Å². The number of halogens is 1. The molecule has 1 heterocycles. The van der Waals surface area contributed by atoms with Gasteiger partial charge in [-0.3, -0.25) is 4.79 Å². The van der Waals surface area contributed by atoms with Gasteiger partial charge < -0.3 is 10.6 Å². The van der Waals surface area contributed by atoms with Crippen molar-refractivity contribution in [2.75, 3.05) is 11.9 Å². The van der Waals surface area contributed by atoms with E-state index in [9.17, 15) is 4.79 Å². The van der Waals surface area contributed by atoms with Crippen LogP contribution in [0.25, 0.3) is 0 Å². The van der Waals surface area contributed by atoms with E-state index in [0.717, 1.165) is 37.1 Å². The van der Waals surface area contributed by atoms with E-state index >= 15 is 0 Å². The molecule has 1 saturated heterocycles. The number of hydrogen-bond donors (Lipinski definition) is 2. The summed E-state index contributed by atoms with van der Waals surface area (Å²) in [6.45, 7) is 2.79. The Hall–Kier alpha value is -1.22. The van der Waals surface area contributed by atoms with Crippen LogP contribution < -0.4 is 10.6 Å². The van der Waals surface area contributed by atoms with Gasteiger partial charge in [-0.05, 0) is 43.9 Å². The average Bonchev–Trinajstić information content (AvgIpc) is 2.50. The Balaban J connectivity index is 2.13. The minimum Gasteiger partial charge on any atom is -0.373 e.